The van der Waals surface area contributed by atoms with E-state index in [-0.39, 0.29) is 11.6 Å². The first-order valence-corrected chi connectivity index (χ1v) is 5.65. The second-order valence-electron chi connectivity index (χ2n) is 4.05. The summed E-state index contributed by atoms with van der Waals surface area (Å²) >= 11 is 0. The van der Waals surface area contributed by atoms with E-state index in [1.165, 1.54) is 24.0 Å². The van der Waals surface area contributed by atoms with Crippen LogP contribution in [0.5, 0.6) is 0 Å². The van der Waals surface area contributed by atoms with Gasteiger partial charge in [-0.25, -0.2) is 4.79 Å². The van der Waals surface area contributed by atoms with Crippen molar-refractivity contribution in [1.82, 2.24) is 5.32 Å². The van der Waals surface area contributed by atoms with Crippen LogP contribution in [0, 0.1) is 0 Å². The molecule has 0 atom stereocenters. The highest BCUT2D eigenvalue weighted by molar-refractivity contribution is 5.93. The quantitative estimate of drug-likeness (QED) is 0.897. The van der Waals surface area contributed by atoms with Crippen molar-refractivity contribution in [1.29, 1.82) is 0 Å². The van der Waals surface area contributed by atoms with Gasteiger partial charge in [-0.2, -0.15) is 13.2 Å². The summed E-state index contributed by atoms with van der Waals surface area (Å²) in [4.78, 5) is 23.8. The first kappa shape index (κ1) is 15.8. The third-order valence-corrected chi connectivity index (χ3v) is 2.41. The van der Waals surface area contributed by atoms with Crippen LogP contribution in [0.2, 0.25) is 0 Å². The summed E-state index contributed by atoms with van der Waals surface area (Å²) in [6, 6.07) is 5.23. The summed E-state index contributed by atoms with van der Waals surface area (Å²) in [6.07, 6.45) is -4.46. The van der Waals surface area contributed by atoms with E-state index >= 15 is 0 Å². The summed E-state index contributed by atoms with van der Waals surface area (Å²) in [5, 5.41) is 3.95. The van der Waals surface area contributed by atoms with Crippen molar-refractivity contribution >= 4 is 23.3 Å². The lowest BCUT2D eigenvalue weighted by Gasteiger charge is -2.16. The zero-order valence-corrected chi connectivity index (χ0v) is 10.9. The van der Waals surface area contributed by atoms with Gasteiger partial charge in [-0.1, -0.05) is 6.07 Å². The molecule has 5 nitrogen and oxygen atoms in total. The molecule has 0 aliphatic heterocycles. The summed E-state index contributed by atoms with van der Waals surface area (Å²) in [6.45, 7) is -0.0397. The van der Waals surface area contributed by atoms with Crippen LogP contribution in [0.3, 0.4) is 0 Å². The van der Waals surface area contributed by atoms with E-state index in [9.17, 15) is 22.8 Å². The molecular weight excluding hydrogens is 275 g/mol. The van der Waals surface area contributed by atoms with Crippen LogP contribution in [0.15, 0.2) is 24.3 Å². The number of rotatable bonds is 3. The van der Waals surface area contributed by atoms with E-state index in [0.29, 0.717) is 5.69 Å². The van der Waals surface area contributed by atoms with Crippen LogP contribution in [-0.2, 0) is 4.79 Å². The van der Waals surface area contributed by atoms with Gasteiger partial charge in [0, 0.05) is 25.3 Å². The molecule has 0 saturated carbocycles. The van der Waals surface area contributed by atoms with E-state index in [1.807, 2.05) is 0 Å². The van der Waals surface area contributed by atoms with E-state index in [2.05, 4.69) is 5.32 Å². The predicted octanol–water partition coefficient (Wildman–Crippen LogP) is 2.35. The maximum atomic E-state index is 11.9. The van der Waals surface area contributed by atoms with Gasteiger partial charge in [0.2, 0.25) is 5.91 Å². The van der Waals surface area contributed by atoms with Crippen LogP contribution in [0.1, 0.15) is 6.92 Å². The van der Waals surface area contributed by atoms with Crippen LogP contribution < -0.4 is 15.5 Å². The van der Waals surface area contributed by atoms with Gasteiger partial charge in [0.1, 0.15) is 6.54 Å². The SMILES string of the molecule is CC(=O)N(C)c1cccc(NC(=O)NCC(F)(F)F)c1. The highest BCUT2D eigenvalue weighted by atomic mass is 19.4. The minimum atomic E-state index is -4.46. The molecule has 0 spiro atoms. The molecular formula is C12H14F3N3O2. The Morgan fingerprint density at radius 1 is 1.30 bits per heavy atom. The van der Waals surface area contributed by atoms with Gasteiger partial charge in [-0.3, -0.25) is 4.79 Å². The van der Waals surface area contributed by atoms with Gasteiger partial charge < -0.3 is 15.5 Å². The molecule has 0 unspecified atom stereocenters. The number of carbonyl (C=O) groups excluding carboxylic acids is 2. The second-order valence-corrected chi connectivity index (χ2v) is 4.05. The van der Waals surface area contributed by atoms with Crippen molar-refractivity contribution in [3.63, 3.8) is 0 Å². The lowest BCUT2D eigenvalue weighted by Crippen LogP contribution is -2.36. The monoisotopic (exact) mass is 289 g/mol. The molecule has 110 valence electrons. The topological polar surface area (TPSA) is 61.4 Å². The minimum Gasteiger partial charge on any atom is -0.329 e. The van der Waals surface area contributed by atoms with Gasteiger partial charge in [-0.15, -0.1) is 0 Å². The summed E-state index contributed by atoms with van der Waals surface area (Å²) in [5.41, 5.74) is 0.807. The highest BCUT2D eigenvalue weighted by Crippen LogP contribution is 2.18. The molecule has 0 aliphatic carbocycles. The summed E-state index contributed by atoms with van der Waals surface area (Å²) < 4.78 is 35.8. The fraction of sp³-hybridized carbons (Fsp3) is 0.333. The Morgan fingerprint density at radius 3 is 2.50 bits per heavy atom. The number of halogens is 3. The third-order valence-electron chi connectivity index (χ3n) is 2.41. The van der Waals surface area contributed by atoms with Crippen molar-refractivity contribution in [2.75, 3.05) is 23.8 Å². The first-order chi connectivity index (χ1) is 9.19. The van der Waals surface area contributed by atoms with Crippen molar-refractivity contribution in [2.24, 2.45) is 0 Å². The van der Waals surface area contributed by atoms with Crippen LogP contribution in [0.4, 0.5) is 29.3 Å². The molecule has 3 amide bonds. The molecule has 0 radical (unpaired) electrons. The van der Waals surface area contributed by atoms with Gasteiger partial charge in [0.05, 0.1) is 0 Å². The maximum absolute atomic E-state index is 11.9. The Kier molecular flexibility index (Phi) is 4.95. The molecule has 8 heteroatoms. The number of urea groups is 1. The second kappa shape index (κ2) is 6.27. The number of alkyl halides is 3. The van der Waals surface area contributed by atoms with Gasteiger partial charge >= 0.3 is 12.2 Å². The first-order valence-electron chi connectivity index (χ1n) is 5.65. The third kappa shape index (κ3) is 5.17. The number of benzene rings is 1. The van der Waals surface area contributed by atoms with E-state index in [1.54, 1.807) is 24.5 Å². The summed E-state index contributed by atoms with van der Waals surface area (Å²) in [7, 11) is 1.55. The fourth-order valence-corrected chi connectivity index (χ4v) is 1.33. The lowest BCUT2D eigenvalue weighted by molar-refractivity contribution is -0.122. The van der Waals surface area contributed by atoms with Crippen LogP contribution in [0.25, 0.3) is 0 Å². The molecule has 2 N–H and O–H groups in total. The van der Waals surface area contributed by atoms with E-state index in [0.717, 1.165) is 0 Å². The number of anilines is 2. The van der Waals surface area contributed by atoms with E-state index in [4.69, 9.17) is 0 Å². The molecule has 0 heterocycles. The molecule has 1 rings (SSSR count). The molecule has 0 bridgehead atoms. The number of nitrogens with zero attached hydrogens (tertiary/aromatic N) is 1. The molecule has 0 aromatic heterocycles. The average molecular weight is 289 g/mol. The zero-order chi connectivity index (χ0) is 15.3. The van der Waals surface area contributed by atoms with Crippen molar-refractivity contribution in [3.05, 3.63) is 24.3 Å². The van der Waals surface area contributed by atoms with Crippen molar-refractivity contribution in [2.45, 2.75) is 13.1 Å². The molecule has 1 aromatic carbocycles. The summed E-state index contributed by atoms with van der Waals surface area (Å²) in [5.74, 6) is -0.205. The van der Waals surface area contributed by atoms with Crippen LogP contribution in [-0.4, -0.2) is 31.7 Å². The van der Waals surface area contributed by atoms with Gasteiger partial charge in [0.15, 0.2) is 0 Å². The highest BCUT2D eigenvalue weighted by Gasteiger charge is 2.27. The molecule has 1 aromatic rings. The largest absolute Gasteiger partial charge is 0.405 e. The smallest absolute Gasteiger partial charge is 0.329 e. The average Bonchev–Trinajstić information content (AvgIpc) is 2.35. The molecule has 0 aliphatic rings. The van der Waals surface area contributed by atoms with Crippen LogP contribution >= 0.6 is 0 Å². The number of amides is 3. The normalized spacial score (nSPS) is 10.8. The Labute approximate surface area is 113 Å². The fourth-order valence-electron chi connectivity index (χ4n) is 1.33. The number of hydrogen-bond donors (Lipinski definition) is 2. The van der Waals surface area contributed by atoms with E-state index < -0.39 is 18.8 Å². The Balaban J connectivity index is 2.67. The lowest BCUT2D eigenvalue weighted by atomic mass is 10.2. The Hall–Kier alpha value is -2.25. The molecule has 0 saturated heterocycles. The number of hydrogen-bond acceptors (Lipinski definition) is 2. The molecule has 20 heavy (non-hydrogen) atoms. The predicted molar refractivity (Wildman–Crippen MR) is 68.6 cm³/mol. The minimum absolute atomic E-state index is 0.205. The Morgan fingerprint density at radius 2 is 1.95 bits per heavy atom. The van der Waals surface area contributed by atoms with Crippen molar-refractivity contribution < 1.29 is 22.8 Å². The van der Waals surface area contributed by atoms with Gasteiger partial charge in [-0.05, 0) is 18.2 Å². The molecule has 0 fully saturated rings. The zero-order valence-electron chi connectivity index (χ0n) is 10.9. The Bertz CT molecular complexity index is 503. The van der Waals surface area contributed by atoms with Gasteiger partial charge in [0.25, 0.3) is 0 Å². The maximum Gasteiger partial charge on any atom is 0.405 e. The standard InChI is InChI=1S/C12H14F3N3O2/c1-8(19)18(2)10-5-3-4-9(6-10)17-11(20)16-7-12(13,14)15/h3-6H,7H2,1-2H3,(H2,16,17,20). The van der Waals surface area contributed by atoms with Crippen molar-refractivity contribution in [3.8, 4) is 0 Å². The number of nitrogens with one attached hydrogen (secondary N) is 2. The number of carbonyl (C=O) groups is 2.